The van der Waals surface area contributed by atoms with Crippen LogP contribution in [0.3, 0.4) is 0 Å². The van der Waals surface area contributed by atoms with Crippen LogP contribution in [0.1, 0.15) is 33.1 Å². The predicted octanol–water partition coefficient (Wildman–Crippen LogP) is 3.22. The van der Waals surface area contributed by atoms with Gasteiger partial charge in [-0.2, -0.15) is 0 Å². The lowest BCUT2D eigenvalue weighted by Gasteiger charge is -2.25. The van der Waals surface area contributed by atoms with Crippen molar-refractivity contribution in [1.29, 1.82) is 0 Å². The predicted molar refractivity (Wildman–Crippen MR) is 99.9 cm³/mol. The van der Waals surface area contributed by atoms with Gasteiger partial charge in [0, 0.05) is 17.6 Å². The Morgan fingerprint density at radius 3 is 2.67 bits per heavy atom. The summed E-state index contributed by atoms with van der Waals surface area (Å²) in [5.41, 5.74) is 0. The number of hydrogen-bond donors (Lipinski definition) is 2. The van der Waals surface area contributed by atoms with Crippen LogP contribution in [-0.2, 0) is 10.0 Å². The Morgan fingerprint density at radius 2 is 2.08 bits per heavy atom. The highest BCUT2D eigenvalue weighted by molar-refractivity contribution is 7.89. The van der Waals surface area contributed by atoms with Crippen molar-refractivity contribution >= 4 is 34.0 Å². The van der Waals surface area contributed by atoms with Gasteiger partial charge in [0.1, 0.15) is 10.6 Å². The summed E-state index contributed by atoms with van der Waals surface area (Å²) in [4.78, 5) is 0.105. The maximum absolute atomic E-state index is 12.6. The molecule has 0 saturated heterocycles. The van der Waals surface area contributed by atoms with Gasteiger partial charge in [0.05, 0.1) is 6.61 Å². The molecule has 0 aromatic heterocycles. The Balaban J connectivity index is 0.00000288. The molecule has 2 rings (SSSR count). The Bertz CT molecular complexity index is 622. The third kappa shape index (κ3) is 6.08. The fourth-order valence-corrected chi connectivity index (χ4v) is 3.95. The fraction of sp³-hybridized carbons (Fsp3) is 0.625. The van der Waals surface area contributed by atoms with Gasteiger partial charge in [0.15, 0.2) is 0 Å². The van der Waals surface area contributed by atoms with Crippen LogP contribution in [-0.4, -0.2) is 34.2 Å². The van der Waals surface area contributed by atoms with Gasteiger partial charge in [-0.3, -0.25) is 0 Å². The third-order valence-corrected chi connectivity index (χ3v) is 5.71. The van der Waals surface area contributed by atoms with E-state index in [9.17, 15) is 8.42 Å². The van der Waals surface area contributed by atoms with Crippen LogP contribution in [0.25, 0.3) is 0 Å². The number of nitrogens with one attached hydrogen (secondary N) is 2. The molecule has 24 heavy (non-hydrogen) atoms. The highest BCUT2D eigenvalue weighted by Crippen LogP contribution is 2.31. The number of rotatable bonds is 9. The Hall–Kier alpha value is -0.530. The Labute approximate surface area is 156 Å². The molecule has 138 valence electrons. The molecule has 5 nitrogen and oxygen atoms in total. The van der Waals surface area contributed by atoms with Crippen LogP contribution in [0.15, 0.2) is 23.1 Å². The average Bonchev–Trinajstić information content (AvgIpc) is 2.45. The molecule has 0 radical (unpaired) electrons. The van der Waals surface area contributed by atoms with Gasteiger partial charge in [-0.15, -0.1) is 12.4 Å². The molecule has 1 atom stereocenters. The van der Waals surface area contributed by atoms with Crippen LogP contribution in [0, 0.1) is 5.92 Å². The van der Waals surface area contributed by atoms with E-state index in [1.165, 1.54) is 12.5 Å². The molecule has 1 saturated carbocycles. The third-order valence-electron chi connectivity index (χ3n) is 4.03. The zero-order valence-electron chi connectivity index (χ0n) is 14.0. The van der Waals surface area contributed by atoms with Crippen molar-refractivity contribution in [2.24, 2.45) is 5.92 Å². The summed E-state index contributed by atoms with van der Waals surface area (Å²) in [6, 6.07) is 4.77. The summed E-state index contributed by atoms with van der Waals surface area (Å²) in [6.45, 7) is 5.56. The molecule has 1 fully saturated rings. The van der Waals surface area contributed by atoms with Crippen molar-refractivity contribution in [3.05, 3.63) is 23.2 Å². The maximum Gasteiger partial charge on any atom is 0.244 e. The minimum absolute atomic E-state index is 0. The highest BCUT2D eigenvalue weighted by Gasteiger charge is 2.23. The summed E-state index contributed by atoms with van der Waals surface area (Å²) in [7, 11) is -3.66. The first-order chi connectivity index (χ1) is 10.9. The van der Waals surface area contributed by atoms with E-state index in [0.29, 0.717) is 29.8 Å². The van der Waals surface area contributed by atoms with Crippen molar-refractivity contribution in [2.75, 3.05) is 19.7 Å². The van der Waals surface area contributed by atoms with Gasteiger partial charge < -0.3 is 10.1 Å². The molecule has 8 heteroatoms. The van der Waals surface area contributed by atoms with Gasteiger partial charge in [0.2, 0.25) is 10.0 Å². The lowest BCUT2D eigenvalue weighted by molar-refractivity contribution is 0.177. The standard InChI is InChI=1S/C16H25ClN2O3S.ClH/c1-3-18-12(2)10-19-23(20,21)16-9-14(17)7-8-15(16)22-11-13-5-4-6-13;/h7-9,12-13,18-19H,3-6,10-11H2,1-2H3;1H/t12-;/m1./s1. The van der Waals surface area contributed by atoms with Crippen molar-refractivity contribution in [3.63, 3.8) is 0 Å². The zero-order valence-corrected chi connectivity index (χ0v) is 16.4. The molecule has 0 unspecified atom stereocenters. The van der Waals surface area contributed by atoms with Gasteiger partial charge in [-0.1, -0.05) is 24.9 Å². The van der Waals surface area contributed by atoms with Crippen LogP contribution < -0.4 is 14.8 Å². The molecule has 1 aromatic rings. The number of ether oxygens (including phenoxy) is 1. The molecule has 0 aliphatic heterocycles. The average molecular weight is 397 g/mol. The van der Waals surface area contributed by atoms with Crippen LogP contribution in [0.4, 0.5) is 0 Å². The quantitative estimate of drug-likeness (QED) is 0.672. The molecular formula is C16H26Cl2N2O3S. The van der Waals surface area contributed by atoms with E-state index in [2.05, 4.69) is 10.0 Å². The lowest BCUT2D eigenvalue weighted by Crippen LogP contribution is -2.38. The zero-order chi connectivity index (χ0) is 16.9. The molecule has 2 N–H and O–H groups in total. The molecule has 1 aliphatic carbocycles. The molecule has 0 amide bonds. The molecule has 1 aromatic carbocycles. The van der Waals surface area contributed by atoms with Crippen LogP contribution >= 0.6 is 24.0 Å². The monoisotopic (exact) mass is 396 g/mol. The first-order valence-corrected chi connectivity index (χ1v) is 9.94. The molecular weight excluding hydrogens is 371 g/mol. The first kappa shape index (κ1) is 21.5. The highest BCUT2D eigenvalue weighted by atomic mass is 35.5. The van der Waals surface area contributed by atoms with E-state index in [1.54, 1.807) is 12.1 Å². The summed E-state index contributed by atoms with van der Waals surface area (Å²) in [6.07, 6.45) is 3.52. The SMILES string of the molecule is CCN[C@H](C)CNS(=O)(=O)c1cc(Cl)ccc1OCC1CCC1.Cl. The largest absolute Gasteiger partial charge is 0.492 e. The van der Waals surface area contributed by atoms with E-state index in [0.717, 1.165) is 19.4 Å². The summed E-state index contributed by atoms with van der Waals surface area (Å²) < 4.78 is 33.5. The number of sulfonamides is 1. The molecule has 0 bridgehead atoms. The van der Waals surface area contributed by atoms with Crippen LogP contribution in [0.5, 0.6) is 5.75 Å². The van der Waals surface area contributed by atoms with Crippen molar-refractivity contribution in [1.82, 2.24) is 10.0 Å². The Morgan fingerprint density at radius 1 is 1.38 bits per heavy atom. The van der Waals surface area contributed by atoms with Gasteiger partial charge in [-0.05, 0) is 50.4 Å². The van der Waals surface area contributed by atoms with Crippen molar-refractivity contribution in [3.8, 4) is 5.75 Å². The van der Waals surface area contributed by atoms with Gasteiger partial charge in [0.25, 0.3) is 0 Å². The van der Waals surface area contributed by atoms with E-state index in [4.69, 9.17) is 16.3 Å². The second-order valence-electron chi connectivity index (χ2n) is 6.01. The second-order valence-corrected chi connectivity index (χ2v) is 8.18. The van der Waals surface area contributed by atoms with E-state index >= 15 is 0 Å². The van der Waals surface area contributed by atoms with Crippen molar-refractivity contribution in [2.45, 2.75) is 44.0 Å². The molecule has 0 spiro atoms. The minimum Gasteiger partial charge on any atom is -0.492 e. The fourth-order valence-electron chi connectivity index (χ4n) is 2.41. The smallest absolute Gasteiger partial charge is 0.244 e. The number of halogens is 2. The summed E-state index contributed by atoms with van der Waals surface area (Å²) >= 11 is 5.98. The second kappa shape index (κ2) is 9.82. The number of hydrogen-bond acceptors (Lipinski definition) is 4. The van der Waals surface area contributed by atoms with Gasteiger partial charge in [-0.25, -0.2) is 13.1 Å². The molecule has 1 aliphatic rings. The molecule has 0 heterocycles. The van der Waals surface area contributed by atoms with E-state index in [-0.39, 0.29) is 23.3 Å². The van der Waals surface area contributed by atoms with Gasteiger partial charge >= 0.3 is 0 Å². The topological polar surface area (TPSA) is 67.4 Å². The van der Waals surface area contributed by atoms with Crippen LogP contribution in [0.2, 0.25) is 5.02 Å². The minimum atomic E-state index is -3.66. The lowest BCUT2D eigenvalue weighted by atomic mass is 9.86. The normalized spacial score (nSPS) is 16.1. The van der Waals surface area contributed by atoms with E-state index < -0.39 is 10.0 Å². The summed E-state index contributed by atoms with van der Waals surface area (Å²) in [5.74, 6) is 0.896. The first-order valence-electron chi connectivity index (χ1n) is 8.07. The van der Waals surface area contributed by atoms with E-state index in [1.807, 2.05) is 13.8 Å². The Kier molecular flexibility index (Phi) is 8.81. The maximum atomic E-state index is 12.6. The summed E-state index contributed by atoms with van der Waals surface area (Å²) in [5, 5.41) is 3.54. The van der Waals surface area contributed by atoms with Crippen molar-refractivity contribution < 1.29 is 13.2 Å². The number of likely N-dealkylation sites (N-methyl/N-ethyl adjacent to an activating group) is 1. The number of benzene rings is 1.